The second-order valence-corrected chi connectivity index (χ2v) is 6.80. The maximum Gasteiger partial charge on any atom is 0.271 e. The third kappa shape index (κ3) is 5.01. The number of amides is 1. The van der Waals surface area contributed by atoms with Crippen molar-refractivity contribution in [2.45, 2.75) is 25.9 Å². The van der Waals surface area contributed by atoms with Gasteiger partial charge in [-0.2, -0.15) is 0 Å². The smallest absolute Gasteiger partial charge is 0.271 e. The van der Waals surface area contributed by atoms with E-state index in [1.54, 1.807) is 6.92 Å². The number of carbonyl (C=O) groups is 1. The molecule has 0 aliphatic carbocycles. The Hall–Kier alpha value is -1.96. The molecule has 8 heteroatoms. The van der Waals surface area contributed by atoms with E-state index in [0.717, 1.165) is 10.0 Å². The first kappa shape index (κ1) is 19.4. The molecule has 0 saturated heterocycles. The Bertz CT molecular complexity index is 800. The minimum atomic E-state index is -0.539. The molecule has 2 aromatic rings. The van der Waals surface area contributed by atoms with Crippen molar-refractivity contribution in [3.05, 3.63) is 67.6 Å². The quantitative estimate of drug-likeness (QED) is 0.518. The number of hydrogen-bond donors (Lipinski definition) is 2. The zero-order valence-electron chi connectivity index (χ0n) is 13.6. The number of nitro groups is 1. The molecular formula is C17H17BrClN3O3. The molecule has 2 atom stereocenters. The molecule has 2 aromatic carbocycles. The van der Waals surface area contributed by atoms with E-state index in [4.69, 9.17) is 11.6 Å². The van der Waals surface area contributed by atoms with Crippen molar-refractivity contribution < 1.29 is 9.72 Å². The van der Waals surface area contributed by atoms with Gasteiger partial charge in [0, 0.05) is 22.6 Å². The molecule has 0 bridgehead atoms. The second-order valence-electron chi connectivity index (χ2n) is 5.54. The fourth-order valence-corrected chi connectivity index (χ4v) is 3.12. The highest BCUT2D eigenvalue weighted by Gasteiger charge is 2.19. The van der Waals surface area contributed by atoms with Gasteiger partial charge in [0.2, 0.25) is 5.91 Å². The van der Waals surface area contributed by atoms with Crippen LogP contribution in [-0.2, 0) is 4.79 Å². The third-order valence-corrected chi connectivity index (χ3v) is 4.74. The molecule has 25 heavy (non-hydrogen) atoms. The molecule has 0 heterocycles. The van der Waals surface area contributed by atoms with Crippen LogP contribution in [-0.4, -0.2) is 16.9 Å². The lowest BCUT2D eigenvalue weighted by Crippen LogP contribution is -2.39. The van der Waals surface area contributed by atoms with E-state index in [2.05, 4.69) is 26.6 Å². The number of rotatable bonds is 6. The minimum Gasteiger partial charge on any atom is -0.323 e. The number of nitrogens with zero attached hydrogens (tertiary/aromatic N) is 1. The number of benzene rings is 2. The molecule has 0 aliphatic heterocycles. The van der Waals surface area contributed by atoms with Gasteiger partial charge in [-0.3, -0.25) is 20.2 Å². The van der Waals surface area contributed by atoms with Crippen molar-refractivity contribution in [1.29, 1.82) is 0 Å². The van der Waals surface area contributed by atoms with Crippen molar-refractivity contribution in [2.24, 2.45) is 0 Å². The molecule has 0 saturated carbocycles. The van der Waals surface area contributed by atoms with Crippen LogP contribution in [0.3, 0.4) is 0 Å². The van der Waals surface area contributed by atoms with Gasteiger partial charge in [-0.05, 0) is 31.5 Å². The highest BCUT2D eigenvalue weighted by molar-refractivity contribution is 9.10. The molecular weight excluding hydrogens is 410 g/mol. The predicted molar refractivity (Wildman–Crippen MR) is 102 cm³/mol. The summed E-state index contributed by atoms with van der Waals surface area (Å²) in [5.74, 6) is -0.332. The number of hydrogen-bond acceptors (Lipinski definition) is 4. The molecule has 0 fully saturated rings. The highest BCUT2D eigenvalue weighted by atomic mass is 79.9. The predicted octanol–water partition coefficient (Wildman–Crippen LogP) is 4.69. The van der Waals surface area contributed by atoms with Crippen LogP contribution in [0.4, 0.5) is 11.4 Å². The Labute approximate surface area is 158 Å². The van der Waals surface area contributed by atoms with E-state index in [1.165, 1.54) is 18.2 Å². The van der Waals surface area contributed by atoms with Crippen LogP contribution in [0.25, 0.3) is 0 Å². The number of carbonyl (C=O) groups excluding carboxylic acids is 1. The first-order valence-electron chi connectivity index (χ1n) is 7.55. The van der Waals surface area contributed by atoms with Gasteiger partial charge in [0.15, 0.2) is 0 Å². The van der Waals surface area contributed by atoms with E-state index in [1.807, 2.05) is 31.2 Å². The number of non-ortho nitro benzene ring substituents is 1. The summed E-state index contributed by atoms with van der Waals surface area (Å²) in [4.78, 5) is 22.7. The second kappa shape index (κ2) is 8.42. The molecule has 0 spiro atoms. The van der Waals surface area contributed by atoms with Gasteiger partial charge in [0.25, 0.3) is 5.69 Å². The van der Waals surface area contributed by atoms with E-state index >= 15 is 0 Å². The molecule has 6 nitrogen and oxygen atoms in total. The Balaban J connectivity index is 2.07. The number of anilines is 1. The SMILES string of the molecule is CC(NC(C)c1ccccc1Br)C(=O)Nc1cc([N+](=O)[O-])ccc1Cl. The Morgan fingerprint density at radius 2 is 1.92 bits per heavy atom. The highest BCUT2D eigenvalue weighted by Crippen LogP contribution is 2.27. The monoisotopic (exact) mass is 425 g/mol. The maximum absolute atomic E-state index is 12.4. The number of nitro benzene ring substituents is 1. The molecule has 1 amide bonds. The molecule has 0 aromatic heterocycles. The van der Waals surface area contributed by atoms with Crippen LogP contribution >= 0.6 is 27.5 Å². The van der Waals surface area contributed by atoms with Crippen molar-refractivity contribution in [1.82, 2.24) is 5.32 Å². The van der Waals surface area contributed by atoms with Gasteiger partial charge in [-0.25, -0.2) is 0 Å². The lowest BCUT2D eigenvalue weighted by molar-refractivity contribution is -0.384. The number of nitrogens with one attached hydrogen (secondary N) is 2. The van der Waals surface area contributed by atoms with Crippen LogP contribution in [0.15, 0.2) is 46.9 Å². The summed E-state index contributed by atoms with van der Waals surface area (Å²) in [6, 6.07) is 11.0. The van der Waals surface area contributed by atoms with E-state index < -0.39 is 11.0 Å². The van der Waals surface area contributed by atoms with Gasteiger partial charge in [-0.1, -0.05) is 45.7 Å². The standard InChI is InChI=1S/C17H17BrClN3O3/c1-10(13-5-3-4-6-14(13)18)20-11(2)17(23)21-16-9-12(22(24)25)7-8-15(16)19/h3-11,20H,1-2H3,(H,21,23). The fraction of sp³-hybridized carbons (Fsp3) is 0.235. The summed E-state index contributed by atoms with van der Waals surface area (Å²) in [5.41, 5.74) is 1.10. The van der Waals surface area contributed by atoms with E-state index in [-0.39, 0.29) is 28.3 Å². The summed E-state index contributed by atoms with van der Waals surface area (Å²) >= 11 is 9.49. The van der Waals surface area contributed by atoms with Gasteiger partial charge in [0.05, 0.1) is 21.7 Å². The normalized spacial score (nSPS) is 13.1. The summed E-state index contributed by atoms with van der Waals surface area (Å²) in [5, 5.41) is 16.9. The lowest BCUT2D eigenvalue weighted by atomic mass is 10.1. The van der Waals surface area contributed by atoms with Gasteiger partial charge < -0.3 is 5.32 Å². The zero-order chi connectivity index (χ0) is 18.6. The summed E-state index contributed by atoms with van der Waals surface area (Å²) in [7, 11) is 0. The molecule has 0 radical (unpaired) electrons. The Kier molecular flexibility index (Phi) is 6.52. The first-order chi connectivity index (χ1) is 11.8. The van der Waals surface area contributed by atoms with Crippen molar-refractivity contribution in [3.63, 3.8) is 0 Å². The van der Waals surface area contributed by atoms with Gasteiger partial charge >= 0.3 is 0 Å². The molecule has 132 valence electrons. The van der Waals surface area contributed by atoms with Gasteiger partial charge in [0.1, 0.15) is 0 Å². The number of halogens is 2. The molecule has 0 aliphatic rings. The van der Waals surface area contributed by atoms with Crippen LogP contribution in [0.1, 0.15) is 25.5 Å². The summed E-state index contributed by atoms with van der Waals surface area (Å²) in [6.45, 7) is 3.66. The Morgan fingerprint density at radius 1 is 1.24 bits per heavy atom. The fourth-order valence-electron chi connectivity index (χ4n) is 2.33. The minimum absolute atomic E-state index is 0.0723. The van der Waals surface area contributed by atoms with E-state index in [0.29, 0.717) is 0 Å². The zero-order valence-corrected chi connectivity index (χ0v) is 16.0. The first-order valence-corrected chi connectivity index (χ1v) is 8.72. The van der Waals surface area contributed by atoms with Crippen LogP contribution in [0.2, 0.25) is 5.02 Å². The van der Waals surface area contributed by atoms with Crippen LogP contribution in [0, 0.1) is 10.1 Å². The summed E-state index contributed by atoms with van der Waals surface area (Å²) in [6.07, 6.45) is 0. The lowest BCUT2D eigenvalue weighted by Gasteiger charge is -2.21. The van der Waals surface area contributed by atoms with Crippen LogP contribution in [0.5, 0.6) is 0 Å². The van der Waals surface area contributed by atoms with Crippen molar-refractivity contribution in [3.8, 4) is 0 Å². The molecule has 2 unspecified atom stereocenters. The van der Waals surface area contributed by atoms with E-state index in [9.17, 15) is 14.9 Å². The average Bonchev–Trinajstić information content (AvgIpc) is 2.56. The summed E-state index contributed by atoms with van der Waals surface area (Å²) < 4.78 is 0.948. The maximum atomic E-state index is 12.4. The Morgan fingerprint density at radius 3 is 2.56 bits per heavy atom. The van der Waals surface area contributed by atoms with Gasteiger partial charge in [-0.15, -0.1) is 0 Å². The largest absolute Gasteiger partial charge is 0.323 e. The molecule has 2 rings (SSSR count). The average molecular weight is 427 g/mol. The van der Waals surface area contributed by atoms with Crippen molar-refractivity contribution in [2.75, 3.05) is 5.32 Å². The van der Waals surface area contributed by atoms with Crippen LogP contribution < -0.4 is 10.6 Å². The van der Waals surface area contributed by atoms with Crippen molar-refractivity contribution >= 4 is 44.8 Å². The topological polar surface area (TPSA) is 84.3 Å². The molecule has 2 N–H and O–H groups in total. The third-order valence-electron chi connectivity index (χ3n) is 3.68.